The van der Waals surface area contributed by atoms with Crippen LogP contribution in [0.25, 0.3) is 5.57 Å². The van der Waals surface area contributed by atoms with Crippen molar-refractivity contribution in [2.45, 2.75) is 33.6 Å². The first-order valence-corrected chi connectivity index (χ1v) is 11.0. The quantitative estimate of drug-likeness (QED) is 0.656. The fourth-order valence-electron chi connectivity index (χ4n) is 4.57. The summed E-state index contributed by atoms with van der Waals surface area (Å²) >= 11 is 0. The molecule has 0 unspecified atom stereocenters. The normalized spacial score (nSPS) is 17.4. The van der Waals surface area contributed by atoms with Crippen LogP contribution in [0.4, 0.5) is 5.69 Å². The predicted octanol–water partition coefficient (Wildman–Crippen LogP) is 4.34. The van der Waals surface area contributed by atoms with Crippen molar-refractivity contribution >= 4 is 23.1 Å². The first kappa shape index (κ1) is 21.9. The van der Waals surface area contributed by atoms with Crippen molar-refractivity contribution in [1.29, 1.82) is 0 Å². The van der Waals surface area contributed by atoms with Crippen LogP contribution >= 0.6 is 0 Å². The van der Waals surface area contributed by atoms with E-state index in [2.05, 4.69) is 11.8 Å². The summed E-state index contributed by atoms with van der Waals surface area (Å²) in [6.07, 6.45) is 1.99. The van der Waals surface area contributed by atoms with Crippen molar-refractivity contribution in [2.24, 2.45) is 5.92 Å². The number of methoxy groups -OCH3 is 2. The van der Waals surface area contributed by atoms with E-state index in [9.17, 15) is 9.59 Å². The molecule has 1 fully saturated rings. The Morgan fingerprint density at radius 2 is 1.56 bits per heavy atom. The summed E-state index contributed by atoms with van der Waals surface area (Å²) in [5.74, 6) is 1.14. The maximum Gasteiger partial charge on any atom is 0.282 e. The Hall–Kier alpha value is -3.28. The molecule has 0 aliphatic carbocycles. The van der Waals surface area contributed by atoms with Gasteiger partial charge in [0.2, 0.25) is 0 Å². The van der Waals surface area contributed by atoms with Crippen molar-refractivity contribution in [3.05, 3.63) is 58.8 Å². The Morgan fingerprint density at radius 3 is 2.19 bits per heavy atom. The first-order valence-electron chi connectivity index (χ1n) is 11.0. The van der Waals surface area contributed by atoms with Gasteiger partial charge in [0.25, 0.3) is 11.8 Å². The van der Waals surface area contributed by atoms with Gasteiger partial charge < -0.3 is 14.4 Å². The molecule has 0 bridgehead atoms. The summed E-state index contributed by atoms with van der Waals surface area (Å²) in [5, 5.41) is 0. The summed E-state index contributed by atoms with van der Waals surface area (Å²) in [7, 11) is 3.13. The number of benzene rings is 2. The Morgan fingerprint density at radius 1 is 0.875 bits per heavy atom. The molecule has 32 heavy (non-hydrogen) atoms. The summed E-state index contributed by atoms with van der Waals surface area (Å²) in [6, 6.07) is 11.1. The fraction of sp³-hybridized carbons (Fsp3) is 0.385. The molecule has 168 valence electrons. The number of hydrogen-bond acceptors (Lipinski definition) is 5. The fourth-order valence-corrected chi connectivity index (χ4v) is 4.57. The van der Waals surface area contributed by atoms with E-state index in [1.165, 1.54) is 4.90 Å². The number of carbonyl (C=O) groups excluding carboxylic acids is 2. The van der Waals surface area contributed by atoms with Crippen molar-refractivity contribution in [2.75, 3.05) is 32.2 Å². The van der Waals surface area contributed by atoms with Gasteiger partial charge in [-0.3, -0.25) is 9.59 Å². The molecule has 6 nitrogen and oxygen atoms in total. The third-order valence-electron chi connectivity index (χ3n) is 6.42. The minimum Gasteiger partial charge on any atom is -0.493 e. The van der Waals surface area contributed by atoms with Gasteiger partial charge in [0, 0.05) is 13.1 Å². The maximum atomic E-state index is 13.8. The molecule has 0 N–H and O–H groups in total. The van der Waals surface area contributed by atoms with E-state index in [4.69, 9.17) is 9.47 Å². The number of hydrogen-bond donors (Lipinski definition) is 0. The highest BCUT2D eigenvalue weighted by atomic mass is 16.5. The van der Waals surface area contributed by atoms with Gasteiger partial charge in [0.05, 0.1) is 25.5 Å². The van der Waals surface area contributed by atoms with Crippen LogP contribution in [-0.4, -0.2) is 44.0 Å². The topological polar surface area (TPSA) is 59.1 Å². The number of rotatable bonds is 5. The summed E-state index contributed by atoms with van der Waals surface area (Å²) in [5.41, 5.74) is 4.17. The molecule has 1 saturated heterocycles. The molecule has 2 heterocycles. The molecule has 2 aromatic carbocycles. The summed E-state index contributed by atoms with van der Waals surface area (Å²) in [4.78, 5) is 30.9. The van der Waals surface area contributed by atoms with Crippen molar-refractivity contribution in [3.63, 3.8) is 0 Å². The number of imide groups is 1. The van der Waals surface area contributed by atoms with Crippen molar-refractivity contribution < 1.29 is 19.1 Å². The van der Waals surface area contributed by atoms with Crippen LogP contribution in [0, 0.1) is 19.8 Å². The zero-order chi connectivity index (χ0) is 23.0. The number of carbonyl (C=O) groups is 2. The number of likely N-dealkylation sites (tertiary alicyclic amines) is 1. The van der Waals surface area contributed by atoms with Crippen LogP contribution in [0.1, 0.15) is 36.5 Å². The van der Waals surface area contributed by atoms with E-state index in [0.29, 0.717) is 39.9 Å². The molecule has 2 amide bonds. The molecule has 2 aliphatic rings. The van der Waals surface area contributed by atoms with Gasteiger partial charge in [-0.25, -0.2) is 4.90 Å². The van der Waals surface area contributed by atoms with Gasteiger partial charge in [0.15, 0.2) is 11.5 Å². The largest absolute Gasteiger partial charge is 0.493 e. The molecular formula is C26H30N2O4. The second kappa shape index (κ2) is 8.69. The highest BCUT2D eigenvalue weighted by molar-refractivity contribution is 6.45. The number of amides is 2. The van der Waals surface area contributed by atoms with Crippen LogP contribution in [0.3, 0.4) is 0 Å². The Kier molecular flexibility index (Phi) is 5.96. The highest BCUT2D eigenvalue weighted by Crippen LogP contribution is 2.39. The van der Waals surface area contributed by atoms with E-state index in [1.54, 1.807) is 26.4 Å². The van der Waals surface area contributed by atoms with Gasteiger partial charge in [-0.1, -0.05) is 30.7 Å². The number of nitrogens with zero attached hydrogens (tertiary/aromatic N) is 2. The molecular weight excluding hydrogens is 404 g/mol. The van der Waals surface area contributed by atoms with Crippen LogP contribution in [-0.2, 0) is 9.59 Å². The number of piperidine rings is 1. The smallest absolute Gasteiger partial charge is 0.282 e. The third-order valence-corrected chi connectivity index (χ3v) is 6.42. The van der Waals surface area contributed by atoms with E-state index in [1.807, 2.05) is 38.1 Å². The number of aryl methyl sites for hydroxylation is 2. The maximum absolute atomic E-state index is 13.8. The minimum atomic E-state index is -0.303. The van der Waals surface area contributed by atoms with Crippen LogP contribution in [0.15, 0.2) is 42.1 Å². The predicted molar refractivity (Wildman–Crippen MR) is 125 cm³/mol. The van der Waals surface area contributed by atoms with Crippen LogP contribution in [0.2, 0.25) is 0 Å². The average molecular weight is 435 g/mol. The van der Waals surface area contributed by atoms with Crippen LogP contribution in [0.5, 0.6) is 11.5 Å². The molecule has 2 aliphatic heterocycles. The number of anilines is 1. The monoisotopic (exact) mass is 434 g/mol. The molecule has 0 saturated carbocycles. The van der Waals surface area contributed by atoms with E-state index < -0.39 is 0 Å². The number of ether oxygens (including phenoxy) is 2. The second-order valence-corrected chi connectivity index (χ2v) is 8.70. The Labute approximate surface area is 189 Å². The lowest BCUT2D eigenvalue weighted by Crippen LogP contribution is -2.38. The lowest BCUT2D eigenvalue weighted by molar-refractivity contribution is -0.120. The standard InChI is InChI=1S/C26H30N2O4/c1-16-10-12-27(13-11-16)24-23(19-7-9-21(31-4)22(15-19)32-5)25(29)28(26(24)30)20-8-6-17(2)14-18(20)3/h6-9,14-16H,10-13H2,1-5H3. The minimum absolute atomic E-state index is 0.263. The van der Waals surface area contributed by atoms with Gasteiger partial charge in [0.1, 0.15) is 5.70 Å². The summed E-state index contributed by atoms with van der Waals surface area (Å²) < 4.78 is 10.8. The van der Waals surface area contributed by atoms with Gasteiger partial charge in [-0.05, 0) is 61.9 Å². The first-order chi connectivity index (χ1) is 15.3. The zero-order valence-electron chi connectivity index (χ0n) is 19.4. The van der Waals surface area contributed by atoms with E-state index >= 15 is 0 Å². The van der Waals surface area contributed by atoms with E-state index in [-0.39, 0.29) is 11.8 Å². The van der Waals surface area contributed by atoms with Crippen molar-refractivity contribution in [3.8, 4) is 11.5 Å². The molecule has 0 spiro atoms. The SMILES string of the molecule is COc1ccc(C2=C(N3CCC(C)CC3)C(=O)N(c3ccc(C)cc3C)C2=O)cc1OC. The van der Waals surface area contributed by atoms with E-state index in [0.717, 1.165) is 37.1 Å². The van der Waals surface area contributed by atoms with Crippen molar-refractivity contribution in [1.82, 2.24) is 4.90 Å². The lowest BCUT2D eigenvalue weighted by atomic mass is 9.97. The average Bonchev–Trinajstić information content (AvgIpc) is 3.04. The highest BCUT2D eigenvalue weighted by Gasteiger charge is 2.43. The van der Waals surface area contributed by atoms with Crippen LogP contribution < -0.4 is 14.4 Å². The second-order valence-electron chi connectivity index (χ2n) is 8.70. The zero-order valence-corrected chi connectivity index (χ0v) is 19.4. The molecule has 6 heteroatoms. The molecule has 0 aromatic heterocycles. The molecule has 4 rings (SSSR count). The molecule has 0 atom stereocenters. The van der Waals surface area contributed by atoms with Gasteiger partial charge >= 0.3 is 0 Å². The van der Waals surface area contributed by atoms with Gasteiger partial charge in [-0.2, -0.15) is 0 Å². The lowest BCUT2D eigenvalue weighted by Gasteiger charge is -2.32. The molecule has 0 radical (unpaired) electrons. The third kappa shape index (κ3) is 3.74. The summed E-state index contributed by atoms with van der Waals surface area (Å²) in [6.45, 7) is 7.67. The Balaban J connectivity index is 1.85. The Bertz CT molecular complexity index is 1100. The molecule has 2 aromatic rings. The van der Waals surface area contributed by atoms with Gasteiger partial charge in [-0.15, -0.1) is 0 Å².